The number of sulfonamides is 1. The van der Waals surface area contributed by atoms with E-state index in [1.54, 1.807) is 60.7 Å². The van der Waals surface area contributed by atoms with Crippen molar-refractivity contribution in [1.29, 1.82) is 0 Å². The van der Waals surface area contributed by atoms with Crippen molar-refractivity contribution >= 4 is 26.8 Å². The number of pyridine rings is 1. The fraction of sp³-hybridized carbons (Fsp3) is 0.256. The Bertz CT molecular complexity index is 2510. The Morgan fingerprint density at radius 2 is 1.77 bits per heavy atom. The predicted octanol–water partition coefficient (Wildman–Crippen LogP) is 6.62. The van der Waals surface area contributed by atoms with Crippen LogP contribution in [-0.4, -0.2) is 52.1 Å². The highest BCUT2D eigenvalue weighted by atomic mass is 32.2. The molecule has 0 bridgehead atoms. The van der Waals surface area contributed by atoms with Gasteiger partial charge in [0.2, 0.25) is 15.9 Å². The van der Waals surface area contributed by atoms with Crippen LogP contribution in [0.2, 0.25) is 0 Å². The number of amides is 1. The number of rotatable bonds is 14. The maximum Gasteiger partial charge on any atom is 0.419 e. The number of aromatic nitrogens is 4. The number of nitrogens with zero attached hydrogens (tertiary/aromatic N) is 5. The lowest BCUT2D eigenvalue weighted by atomic mass is 10.0. The first kappa shape index (κ1) is 39.7. The standard InChI is InChI=1S/C39H36F4N6O6S/c1-4-54-29-14-12-28(13-15-29)49-37(46-33-10-6-5-9-30(33)38(49)51)34(17-19-45-56(52,53)36-24(2)47-55-25(36)3)48(23-27-8-7-18-44-22-27)35(50)21-26-11-16-31(32(40)20-26)39(41,42)43/h5-16,18,20,22,34,45H,4,17,19,21,23H2,1-3H3. The van der Waals surface area contributed by atoms with E-state index in [0.29, 0.717) is 35.7 Å². The van der Waals surface area contributed by atoms with E-state index in [1.807, 2.05) is 6.92 Å². The van der Waals surface area contributed by atoms with Gasteiger partial charge in [0.05, 0.1) is 41.2 Å². The Labute approximate surface area is 318 Å². The number of alkyl halides is 3. The van der Waals surface area contributed by atoms with Gasteiger partial charge >= 0.3 is 6.18 Å². The lowest BCUT2D eigenvalue weighted by Gasteiger charge is -2.33. The molecule has 12 nitrogen and oxygen atoms in total. The third-order valence-corrected chi connectivity index (χ3v) is 10.6. The van der Waals surface area contributed by atoms with Crippen LogP contribution in [0.3, 0.4) is 0 Å². The Morgan fingerprint density at radius 1 is 1.02 bits per heavy atom. The molecule has 0 saturated heterocycles. The number of benzene rings is 3. The largest absolute Gasteiger partial charge is 0.494 e. The summed E-state index contributed by atoms with van der Waals surface area (Å²) in [5.74, 6) is -1.60. The summed E-state index contributed by atoms with van der Waals surface area (Å²) in [5.41, 5.74) is -0.731. The molecule has 3 aromatic heterocycles. The highest BCUT2D eigenvalue weighted by molar-refractivity contribution is 7.89. The van der Waals surface area contributed by atoms with E-state index < -0.39 is 51.5 Å². The maximum atomic E-state index is 14.7. The summed E-state index contributed by atoms with van der Waals surface area (Å²) in [7, 11) is -4.20. The van der Waals surface area contributed by atoms with Crippen molar-refractivity contribution in [3.05, 3.63) is 141 Å². The monoisotopic (exact) mass is 792 g/mol. The van der Waals surface area contributed by atoms with Gasteiger partial charge in [-0.05, 0) is 92.9 Å². The average Bonchev–Trinajstić information content (AvgIpc) is 3.51. The number of nitrogens with one attached hydrogen (secondary N) is 1. The van der Waals surface area contributed by atoms with E-state index in [-0.39, 0.29) is 58.2 Å². The number of hydrogen-bond donors (Lipinski definition) is 1. The van der Waals surface area contributed by atoms with E-state index in [4.69, 9.17) is 14.2 Å². The Hall–Kier alpha value is -5.94. The van der Waals surface area contributed by atoms with Crippen LogP contribution in [0.25, 0.3) is 16.6 Å². The number of hydrogen-bond acceptors (Lipinski definition) is 9. The molecule has 3 heterocycles. The van der Waals surface area contributed by atoms with Crippen LogP contribution in [0.5, 0.6) is 5.75 Å². The molecule has 0 aliphatic heterocycles. The van der Waals surface area contributed by atoms with Crippen LogP contribution >= 0.6 is 0 Å². The second-order valence-electron chi connectivity index (χ2n) is 12.8. The number of para-hydroxylation sites is 1. The first-order chi connectivity index (χ1) is 26.7. The number of halogens is 4. The fourth-order valence-electron chi connectivity index (χ4n) is 6.40. The smallest absolute Gasteiger partial charge is 0.419 e. The number of carbonyl (C=O) groups is 1. The third-order valence-electron chi connectivity index (χ3n) is 8.92. The van der Waals surface area contributed by atoms with Gasteiger partial charge in [0, 0.05) is 25.5 Å². The SMILES string of the molecule is CCOc1ccc(-n2c(C(CCNS(=O)(=O)c3c(C)noc3C)N(Cc3cccnc3)C(=O)Cc3ccc(C(F)(F)F)c(F)c3)nc3ccccc3c2=O)cc1. The summed E-state index contributed by atoms with van der Waals surface area (Å²) >= 11 is 0. The van der Waals surface area contributed by atoms with E-state index in [9.17, 15) is 35.6 Å². The van der Waals surface area contributed by atoms with Gasteiger partial charge in [-0.25, -0.2) is 22.5 Å². The van der Waals surface area contributed by atoms with Crippen LogP contribution in [0.4, 0.5) is 17.6 Å². The molecule has 3 aromatic carbocycles. The summed E-state index contributed by atoms with van der Waals surface area (Å²) in [6, 6.07) is 17.6. The van der Waals surface area contributed by atoms with Crippen molar-refractivity contribution in [2.24, 2.45) is 0 Å². The molecule has 17 heteroatoms. The van der Waals surface area contributed by atoms with Crippen LogP contribution < -0.4 is 15.0 Å². The molecule has 0 saturated carbocycles. The third kappa shape index (κ3) is 8.63. The van der Waals surface area contributed by atoms with Gasteiger partial charge in [-0.1, -0.05) is 29.4 Å². The molecule has 0 spiro atoms. The summed E-state index contributed by atoms with van der Waals surface area (Å²) in [6.07, 6.45) is -2.65. The normalized spacial score (nSPS) is 12.5. The molecule has 1 unspecified atom stereocenters. The number of ether oxygens (including phenoxy) is 1. The summed E-state index contributed by atoms with van der Waals surface area (Å²) in [6.45, 7) is 4.67. The van der Waals surface area contributed by atoms with E-state index in [2.05, 4.69) is 14.9 Å². The topological polar surface area (TPSA) is 150 Å². The van der Waals surface area contributed by atoms with Gasteiger partial charge in [0.15, 0.2) is 5.76 Å². The van der Waals surface area contributed by atoms with Crippen LogP contribution in [0.15, 0.2) is 105 Å². The molecule has 0 aliphatic carbocycles. The van der Waals surface area contributed by atoms with Crippen molar-refractivity contribution in [2.45, 2.75) is 57.3 Å². The molecule has 6 aromatic rings. The Kier molecular flexibility index (Phi) is 11.7. The van der Waals surface area contributed by atoms with Crippen molar-refractivity contribution in [2.75, 3.05) is 13.2 Å². The number of carbonyl (C=O) groups excluding carboxylic acids is 1. The Balaban J connectivity index is 1.52. The maximum absolute atomic E-state index is 14.7. The van der Waals surface area contributed by atoms with Gasteiger partial charge in [-0.3, -0.25) is 19.1 Å². The zero-order valence-electron chi connectivity index (χ0n) is 30.4. The minimum Gasteiger partial charge on any atom is -0.494 e. The zero-order valence-corrected chi connectivity index (χ0v) is 31.2. The van der Waals surface area contributed by atoms with E-state index >= 15 is 0 Å². The first-order valence-corrected chi connectivity index (χ1v) is 18.9. The summed E-state index contributed by atoms with van der Waals surface area (Å²) < 4.78 is 96.6. The van der Waals surface area contributed by atoms with Gasteiger partial charge in [-0.2, -0.15) is 13.2 Å². The van der Waals surface area contributed by atoms with Crippen LogP contribution in [0, 0.1) is 19.7 Å². The molecular weight excluding hydrogens is 757 g/mol. The van der Waals surface area contributed by atoms with Crippen molar-refractivity contribution in [1.82, 2.24) is 29.3 Å². The van der Waals surface area contributed by atoms with Crippen LogP contribution in [-0.2, 0) is 34.0 Å². The van der Waals surface area contributed by atoms with E-state index in [0.717, 1.165) is 6.07 Å². The molecule has 292 valence electrons. The molecule has 0 aliphatic rings. The van der Waals surface area contributed by atoms with Crippen LogP contribution in [0.1, 0.15) is 53.4 Å². The van der Waals surface area contributed by atoms with Gasteiger partial charge in [-0.15, -0.1) is 0 Å². The lowest BCUT2D eigenvalue weighted by Crippen LogP contribution is -2.41. The second kappa shape index (κ2) is 16.4. The lowest BCUT2D eigenvalue weighted by molar-refractivity contribution is -0.140. The highest BCUT2D eigenvalue weighted by Crippen LogP contribution is 2.33. The molecule has 6 rings (SSSR count). The summed E-state index contributed by atoms with van der Waals surface area (Å²) in [4.78, 5) is 39.2. The molecule has 0 radical (unpaired) electrons. The van der Waals surface area contributed by atoms with Gasteiger partial charge in [0.25, 0.3) is 5.56 Å². The zero-order chi connectivity index (χ0) is 40.2. The molecule has 1 N–H and O–H groups in total. The number of aryl methyl sites for hydroxylation is 2. The second-order valence-corrected chi connectivity index (χ2v) is 14.5. The van der Waals surface area contributed by atoms with E-state index in [1.165, 1.54) is 35.7 Å². The number of fused-ring (bicyclic) bond motifs is 1. The molecule has 1 atom stereocenters. The molecule has 0 fully saturated rings. The molecule has 1 amide bonds. The average molecular weight is 793 g/mol. The fourth-order valence-corrected chi connectivity index (χ4v) is 7.77. The molecule has 56 heavy (non-hydrogen) atoms. The van der Waals surface area contributed by atoms with Gasteiger partial charge < -0.3 is 14.2 Å². The minimum absolute atomic E-state index is 0.0465. The molecular formula is C39H36F4N6O6S. The quantitative estimate of drug-likeness (QED) is 0.120. The predicted molar refractivity (Wildman–Crippen MR) is 197 cm³/mol. The highest BCUT2D eigenvalue weighted by Gasteiger charge is 2.35. The van der Waals surface area contributed by atoms with Crippen molar-refractivity contribution in [3.63, 3.8) is 0 Å². The van der Waals surface area contributed by atoms with Crippen molar-refractivity contribution in [3.8, 4) is 11.4 Å². The van der Waals surface area contributed by atoms with Crippen molar-refractivity contribution < 1.29 is 40.0 Å². The minimum atomic E-state index is -4.95. The Morgan fingerprint density at radius 3 is 2.41 bits per heavy atom. The first-order valence-electron chi connectivity index (χ1n) is 17.4. The van der Waals surface area contributed by atoms with Gasteiger partial charge in [0.1, 0.15) is 28.0 Å². The summed E-state index contributed by atoms with van der Waals surface area (Å²) in [5, 5.41) is 4.00.